The Bertz CT molecular complexity index is 271. The highest BCUT2D eigenvalue weighted by atomic mass is 19.4. The van der Waals surface area contributed by atoms with Gasteiger partial charge < -0.3 is 10.1 Å². The van der Waals surface area contributed by atoms with Gasteiger partial charge in [-0.3, -0.25) is 4.90 Å². The highest BCUT2D eigenvalue weighted by Gasteiger charge is 2.43. The fraction of sp³-hybridized carbons (Fsp3) is 0.875. The Kier molecular flexibility index (Phi) is 4.63. The van der Waals surface area contributed by atoms with Crippen LogP contribution in [0.1, 0.15) is 0 Å². The molecule has 1 aliphatic heterocycles. The van der Waals surface area contributed by atoms with Crippen molar-refractivity contribution < 1.29 is 31.5 Å². The molecule has 1 rings (SSSR count). The normalized spacial score (nSPS) is 22.8. The molecule has 0 amide bonds. The molecular formula is C8H11F5N2O2. The standard InChI is InChI=1S/C8H11F5N2O2/c9-5(10)4-15-2-1-14-3-6(15)17-7(16)8(11,12)13/h5-6,14H,1-4H2. The number of esters is 1. The zero-order valence-corrected chi connectivity index (χ0v) is 8.64. The number of alkyl halides is 5. The summed E-state index contributed by atoms with van der Waals surface area (Å²) < 4.78 is 64.2. The van der Waals surface area contributed by atoms with Crippen LogP contribution in [0.2, 0.25) is 0 Å². The number of nitrogens with one attached hydrogen (secondary N) is 1. The van der Waals surface area contributed by atoms with E-state index in [-0.39, 0.29) is 13.1 Å². The topological polar surface area (TPSA) is 41.6 Å². The fourth-order valence-electron chi connectivity index (χ4n) is 1.41. The molecular weight excluding hydrogens is 251 g/mol. The molecule has 0 aromatic carbocycles. The van der Waals surface area contributed by atoms with Crippen LogP contribution in [0.4, 0.5) is 22.0 Å². The summed E-state index contributed by atoms with van der Waals surface area (Å²) in [5, 5.41) is 2.66. The fourth-order valence-corrected chi connectivity index (χ4v) is 1.41. The molecule has 1 atom stereocenters. The number of rotatable bonds is 3. The van der Waals surface area contributed by atoms with Crippen molar-refractivity contribution in [3.05, 3.63) is 0 Å². The predicted molar refractivity (Wildman–Crippen MR) is 46.4 cm³/mol. The second-order valence-electron chi connectivity index (χ2n) is 3.45. The van der Waals surface area contributed by atoms with Crippen LogP contribution in [0.15, 0.2) is 0 Å². The average molecular weight is 262 g/mol. The van der Waals surface area contributed by atoms with Crippen molar-refractivity contribution in [3.8, 4) is 0 Å². The maximum atomic E-state index is 12.1. The summed E-state index contributed by atoms with van der Waals surface area (Å²) in [6.07, 6.45) is -9.12. The maximum Gasteiger partial charge on any atom is 0.490 e. The van der Waals surface area contributed by atoms with Crippen LogP contribution in [0, 0.1) is 0 Å². The van der Waals surface area contributed by atoms with Gasteiger partial charge in [-0.2, -0.15) is 13.2 Å². The molecule has 0 bridgehead atoms. The number of hydrogen-bond acceptors (Lipinski definition) is 4. The SMILES string of the molecule is O=C(OC1CNCCN1CC(F)F)C(F)(F)F. The number of carbonyl (C=O) groups is 1. The van der Waals surface area contributed by atoms with Crippen molar-refractivity contribution >= 4 is 5.97 Å². The van der Waals surface area contributed by atoms with Crippen LogP contribution in [0.5, 0.6) is 0 Å². The third-order valence-electron chi connectivity index (χ3n) is 2.15. The van der Waals surface area contributed by atoms with Crippen molar-refractivity contribution in [2.24, 2.45) is 0 Å². The predicted octanol–water partition coefficient (Wildman–Crippen LogP) is 0.588. The van der Waals surface area contributed by atoms with Gasteiger partial charge in [-0.05, 0) is 0 Å². The molecule has 1 saturated heterocycles. The number of nitrogens with zero attached hydrogens (tertiary/aromatic N) is 1. The van der Waals surface area contributed by atoms with E-state index in [1.807, 2.05) is 0 Å². The summed E-state index contributed by atoms with van der Waals surface area (Å²) >= 11 is 0. The summed E-state index contributed by atoms with van der Waals surface area (Å²) in [7, 11) is 0. The summed E-state index contributed by atoms with van der Waals surface area (Å²) in [6.45, 7) is -0.376. The molecule has 0 saturated carbocycles. The van der Waals surface area contributed by atoms with E-state index in [1.165, 1.54) is 0 Å². The molecule has 0 aliphatic carbocycles. The Hall–Kier alpha value is -0.960. The molecule has 4 nitrogen and oxygen atoms in total. The van der Waals surface area contributed by atoms with Crippen LogP contribution in [-0.4, -0.2) is 55.9 Å². The van der Waals surface area contributed by atoms with Gasteiger partial charge in [-0.25, -0.2) is 13.6 Å². The zero-order chi connectivity index (χ0) is 13.1. The van der Waals surface area contributed by atoms with Gasteiger partial charge in [-0.15, -0.1) is 0 Å². The Morgan fingerprint density at radius 2 is 2.12 bits per heavy atom. The first kappa shape index (κ1) is 14.1. The zero-order valence-electron chi connectivity index (χ0n) is 8.64. The highest BCUT2D eigenvalue weighted by molar-refractivity contribution is 5.75. The van der Waals surface area contributed by atoms with Gasteiger partial charge in [0.05, 0.1) is 6.54 Å². The van der Waals surface area contributed by atoms with Gasteiger partial charge >= 0.3 is 12.1 Å². The van der Waals surface area contributed by atoms with E-state index in [2.05, 4.69) is 10.1 Å². The van der Waals surface area contributed by atoms with Crippen molar-refractivity contribution in [1.29, 1.82) is 0 Å². The highest BCUT2D eigenvalue weighted by Crippen LogP contribution is 2.19. The summed E-state index contributed by atoms with van der Waals surface area (Å²) in [4.78, 5) is 11.6. The van der Waals surface area contributed by atoms with Gasteiger partial charge in [0.15, 0.2) is 6.23 Å². The van der Waals surface area contributed by atoms with Crippen molar-refractivity contribution in [2.75, 3.05) is 26.2 Å². The van der Waals surface area contributed by atoms with Crippen molar-refractivity contribution in [1.82, 2.24) is 10.2 Å². The molecule has 17 heavy (non-hydrogen) atoms. The van der Waals surface area contributed by atoms with E-state index in [0.717, 1.165) is 4.90 Å². The van der Waals surface area contributed by atoms with Crippen LogP contribution < -0.4 is 5.32 Å². The minimum absolute atomic E-state index is 0.0974. The molecule has 0 radical (unpaired) electrons. The summed E-state index contributed by atoms with van der Waals surface area (Å²) in [5.74, 6) is -2.37. The van der Waals surface area contributed by atoms with E-state index < -0.39 is 31.3 Å². The molecule has 1 unspecified atom stereocenters. The molecule has 100 valence electrons. The van der Waals surface area contributed by atoms with E-state index >= 15 is 0 Å². The second-order valence-corrected chi connectivity index (χ2v) is 3.45. The first-order valence-electron chi connectivity index (χ1n) is 4.81. The van der Waals surface area contributed by atoms with E-state index in [0.29, 0.717) is 6.54 Å². The van der Waals surface area contributed by atoms with E-state index in [9.17, 15) is 26.7 Å². The summed E-state index contributed by atoms with van der Waals surface area (Å²) in [5.41, 5.74) is 0. The van der Waals surface area contributed by atoms with Crippen molar-refractivity contribution in [3.63, 3.8) is 0 Å². The number of hydrogen-bond donors (Lipinski definition) is 1. The second kappa shape index (κ2) is 5.58. The Morgan fingerprint density at radius 1 is 1.47 bits per heavy atom. The lowest BCUT2D eigenvalue weighted by Crippen LogP contribution is -2.55. The van der Waals surface area contributed by atoms with Gasteiger partial charge in [0.2, 0.25) is 0 Å². The van der Waals surface area contributed by atoms with Crippen LogP contribution in [0.25, 0.3) is 0 Å². The third kappa shape index (κ3) is 4.43. The van der Waals surface area contributed by atoms with Gasteiger partial charge in [0.1, 0.15) is 0 Å². The van der Waals surface area contributed by atoms with E-state index in [1.54, 1.807) is 0 Å². The minimum Gasteiger partial charge on any atom is -0.438 e. The first-order valence-corrected chi connectivity index (χ1v) is 4.81. The Morgan fingerprint density at radius 3 is 2.65 bits per heavy atom. The molecule has 1 aliphatic rings. The molecule has 1 heterocycles. The van der Waals surface area contributed by atoms with Gasteiger partial charge in [0, 0.05) is 19.6 Å². The average Bonchev–Trinajstić information content (AvgIpc) is 2.18. The number of piperazine rings is 1. The number of carbonyl (C=O) groups excluding carboxylic acids is 1. The number of ether oxygens (including phenoxy) is 1. The van der Waals surface area contributed by atoms with Gasteiger partial charge in [-0.1, -0.05) is 0 Å². The molecule has 9 heteroatoms. The van der Waals surface area contributed by atoms with Crippen molar-refractivity contribution in [2.45, 2.75) is 18.8 Å². The number of halogens is 5. The van der Waals surface area contributed by atoms with Crippen LogP contribution >= 0.6 is 0 Å². The van der Waals surface area contributed by atoms with Crippen LogP contribution in [0.3, 0.4) is 0 Å². The Labute approximate surface area is 93.7 Å². The molecule has 0 aromatic heterocycles. The molecule has 1 fully saturated rings. The third-order valence-corrected chi connectivity index (χ3v) is 2.15. The lowest BCUT2D eigenvalue weighted by atomic mass is 10.3. The van der Waals surface area contributed by atoms with E-state index in [4.69, 9.17) is 0 Å². The molecule has 0 aromatic rings. The first-order chi connectivity index (χ1) is 7.80. The van der Waals surface area contributed by atoms with Gasteiger partial charge in [0.25, 0.3) is 6.43 Å². The van der Waals surface area contributed by atoms with Crippen LogP contribution in [-0.2, 0) is 9.53 Å². The monoisotopic (exact) mass is 262 g/mol. The largest absolute Gasteiger partial charge is 0.490 e. The molecule has 0 spiro atoms. The lowest BCUT2D eigenvalue weighted by molar-refractivity contribution is -0.214. The quantitative estimate of drug-likeness (QED) is 0.597. The Balaban J connectivity index is 2.56. The summed E-state index contributed by atoms with van der Waals surface area (Å²) in [6, 6.07) is 0. The lowest BCUT2D eigenvalue weighted by Gasteiger charge is -2.35. The molecule has 1 N–H and O–H groups in total. The smallest absolute Gasteiger partial charge is 0.438 e. The minimum atomic E-state index is -5.12. The maximum absolute atomic E-state index is 12.1.